The van der Waals surface area contributed by atoms with Gasteiger partial charge >= 0.3 is 0 Å². The van der Waals surface area contributed by atoms with Gasteiger partial charge in [-0.15, -0.1) is 0 Å². The zero-order valence-electron chi connectivity index (χ0n) is 10.9. The second kappa shape index (κ2) is 6.93. The number of hydrogen-bond acceptors (Lipinski definition) is 5. The van der Waals surface area contributed by atoms with Crippen molar-refractivity contribution in [1.29, 1.82) is 0 Å². The molecule has 0 aromatic carbocycles. The van der Waals surface area contributed by atoms with Gasteiger partial charge in [0.25, 0.3) is 5.91 Å². The van der Waals surface area contributed by atoms with E-state index in [0.29, 0.717) is 11.5 Å². The largest absolute Gasteiger partial charge is 0.389 e. The Kier molecular flexibility index (Phi) is 5.54. The van der Waals surface area contributed by atoms with E-state index in [1.807, 2.05) is 0 Å². The molecule has 1 amide bonds. The van der Waals surface area contributed by atoms with E-state index in [1.54, 1.807) is 32.3 Å². The van der Waals surface area contributed by atoms with Gasteiger partial charge in [-0.3, -0.25) is 4.79 Å². The lowest BCUT2D eigenvalue weighted by Crippen LogP contribution is -2.36. The third-order valence-corrected chi connectivity index (χ3v) is 2.41. The van der Waals surface area contributed by atoms with Crippen molar-refractivity contribution in [3.8, 4) is 0 Å². The second-order valence-corrected chi connectivity index (χ2v) is 3.95. The molecule has 1 aromatic rings. The van der Waals surface area contributed by atoms with E-state index >= 15 is 0 Å². The summed E-state index contributed by atoms with van der Waals surface area (Å²) >= 11 is 0. The number of carbonyl (C=O) groups is 1. The van der Waals surface area contributed by atoms with Crippen LogP contribution in [-0.2, 0) is 4.74 Å². The number of aromatic nitrogens is 1. The highest BCUT2D eigenvalue weighted by Gasteiger charge is 2.16. The first kappa shape index (κ1) is 14.4. The lowest BCUT2D eigenvalue weighted by molar-refractivity contribution is 0.0378. The van der Waals surface area contributed by atoms with Crippen LogP contribution in [0.5, 0.6) is 0 Å². The Bertz CT molecular complexity index is 398. The number of aliphatic hydroxyl groups is 1. The van der Waals surface area contributed by atoms with Crippen molar-refractivity contribution in [1.82, 2.24) is 9.88 Å². The van der Waals surface area contributed by atoms with Crippen LogP contribution in [-0.4, -0.2) is 61.4 Å². The van der Waals surface area contributed by atoms with Gasteiger partial charge in [0.1, 0.15) is 11.5 Å². The number of nitrogens with zero attached hydrogens (tertiary/aromatic N) is 2. The minimum absolute atomic E-state index is 0.196. The maximum atomic E-state index is 12.0. The van der Waals surface area contributed by atoms with E-state index in [2.05, 4.69) is 10.3 Å². The third-order valence-electron chi connectivity index (χ3n) is 2.41. The standard InChI is InChI=1S/C12H19N3O3/c1-13-11-6-4-5-10(14-11)12(17)15(2)7-9(16)8-18-3/h4-6,9,16H,7-8H2,1-3H3,(H,13,14). The Morgan fingerprint density at radius 3 is 2.94 bits per heavy atom. The fraction of sp³-hybridized carbons (Fsp3) is 0.500. The van der Waals surface area contributed by atoms with Gasteiger partial charge in [-0.25, -0.2) is 4.98 Å². The predicted molar refractivity (Wildman–Crippen MR) is 68.6 cm³/mol. The van der Waals surface area contributed by atoms with Gasteiger partial charge in [0.05, 0.1) is 12.7 Å². The highest BCUT2D eigenvalue weighted by Crippen LogP contribution is 2.06. The number of rotatable bonds is 6. The number of amides is 1. The van der Waals surface area contributed by atoms with Crippen LogP contribution in [0, 0.1) is 0 Å². The number of methoxy groups -OCH3 is 1. The van der Waals surface area contributed by atoms with E-state index < -0.39 is 6.10 Å². The fourth-order valence-electron chi connectivity index (χ4n) is 1.53. The summed E-state index contributed by atoms with van der Waals surface area (Å²) in [6.07, 6.45) is -0.698. The summed E-state index contributed by atoms with van der Waals surface area (Å²) in [6, 6.07) is 5.17. The smallest absolute Gasteiger partial charge is 0.272 e. The molecule has 1 rings (SSSR count). The van der Waals surface area contributed by atoms with Gasteiger partial charge < -0.3 is 20.1 Å². The summed E-state index contributed by atoms with van der Waals surface area (Å²) in [7, 11) is 4.86. The van der Waals surface area contributed by atoms with E-state index in [9.17, 15) is 9.90 Å². The molecular formula is C12H19N3O3. The van der Waals surface area contributed by atoms with Crippen LogP contribution >= 0.6 is 0 Å². The molecule has 1 heterocycles. The summed E-state index contributed by atoms with van der Waals surface area (Å²) in [5.41, 5.74) is 0.342. The van der Waals surface area contributed by atoms with Crippen LogP contribution in [0.2, 0.25) is 0 Å². The molecule has 0 aliphatic carbocycles. The molecule has 1 unspecified atom stereocenters. The number of ether oxygens (including phenoxy) is 1. The summed E-state index contributed by atoms with van der Waals surface area (Å²) < 4.78 is 4.81. The molecule has 0 aliphatic rings. The van der Waals surface area contributed by atoms with Crippen LogP contribution < -0.4 is 5.32 Å². The number of carbonyl (C=O) groups excluding carboxylic acids is 1. The van der Waals surface area contributed by atoms with Crippen molar-refractivity contribution in [2.24, 2.45) is 0 Å². The Morgan fingerprint density at radius 1 is 1.61 bits per heavy atom. The highest BCUT2D eigenvalue weighted by molar-refractivity contribution is 5.92. The number of anilines is 1. The Hall–Kier alpha value is -1.66. The summed E-state index contributed by atoms with van der Waals surface area (Å²) in [5.74, 6) is 0.397. The molecule has 2 N–H and O–H groups in total. The Labute approximate surface area is 107 Å². The molecule has 0 saturated heterocycles. The first-order valence-electron chi connectivity index (χ1n) is 5.65. The number of pyridine rings is 1. The summed E-state index contributed by atoms with van der Waals surface area (Å²) in [6.45, 7) is 0.403. The Morgan fingerprint density at radius 2 is 2.33 bits per heavy atom. The number of hydrogen-bond donors (Lipinski definition) is 2. The Balaban J connectivity index is 2.67. The number of aliphatic hydroxyl groups excluding tert-OH is 1. The van der Waals surface area contributed by atoms with Crippen LogP contribution in [0.25, 0.3) is 0 Å². The van der Waals surface area contributed by atoms with Crippen LogP contribution in [0.4, 0.5) is 5.82 Å². The average molecular weight is 253 g/mol. The van der Waals surface area contributed by atoms with Gasteiger partial charge in [-0.1, -0.05) is 6.07 Å². The average Bonchev–Trinajstić information content (AvgIpc) is 2.38. The molecule has 0 aliphatic heterocycles. The maximum Gasteiger partial charge on any atom is 0.272 e. The van der Waals surface area contributed by atoms with E-state index in [-0.39, 0.29) is 19.1 Å². The SMILES string of the molecule is CNc1cccc(C(=O)N(C)CC(O)COC)n1. The minimum Gasteiger partial charge on any atom is -0.389 e. The topological polar surface area (TPSA) is 74.7 Å². The second-order valence-electron chi connectivity index (χ2n) is 3.95. The van der Waals surface area contributed by atoms with Gasteiger partial charge in [-0.05, 0) is 12.1 Å². The van der Waals surface area contributed by atoms with Crippen LogP contribution in [0.1, 0.15) is 10.5 Å². The van der Waals surface area contributed by atoms with E-state index in [0.717, 1.165) is 0 Å². The first-order chi connectivity index (χ1) is 8.58. The lowest BCUT2D eigenvalue weighted by Gasteiger charge is -2.20. The molecule has 1 atom stereocenters. The molecule has 0 spiro atoms. The zero-order chi connectivity index (χ0) is 13.5. The van der Waals surface area contributed by atoms with Crippen molar-refractivity contribution in [3.05, 3.63) is 23.9 Å². The van der Waals surface area contributed by atoms with Crippen molar-refractivity contribution in [3.63, 3.8) is 0 Å². The van der Waals surface area contributed by atoms with Gasteiger partial charge in [0.2, 0.25) is 0 Å². The predicted octanol–water partition coefficient (Wildman–Crippen LogP) is 0.203. The van der Waals surface area contributed by atoms with Crippen LogP contribution in [0.3, 0.4) is 0 Å². The quantitative estimate of drug-likeness (QED) is 0.757. The van der Waals surface area contributed by atoms with Crippen molar-refractivity contribution in [2.75, 3.05) is 39.7 Å². The van der Waals surface area contributed by atoms with Crippen molar-refractivity contribution < 1.29 is 14.6 Å². The fourth-order valence-corrected chi connectivity index (χ4v) is 1.53. The molecule has 0 radical (unpaired) electrons. The number of likely N-dealkylation sites (N-methyl/N-ethyl adjacent to an activating group) is 1. The van der Waals surface area contributed by atoms with Crippen LogP contribution in [0.15, 0.2) is 18.2 Å². The van der Waals surface area contributed by atoms with E-state index in [4.69, 9.17) is 4.74 Å². The third kappa shape index (κ3) is 3.97. The van der Waals surface area contributed by atoms with E-state index in [1.165, 1.54) is 12.0 Å². The molecule has 0 fully saturated rings. The lowest BCUT2D eigenvalue weighted by atomic mass is 10.3. The summed E-state index contributed by atoms with van der Waals surface area (Å²) in [5, 5.41) is 12.4. The molecule has 0 saturated carbocycles. The normalized spacial score (nSPS) is 12.0. The molecular weight excluding hydrogens is 234 g/mol. The highest BCUT2D eigenvalue weighted by atomic mass is 16.5. The van der Waals surface area contributed by atoms with Gasteiger partial charge in [0.15, 0.2) is 0 Å². The molecule has 0 bridgehead atoms. The summed E-state index contributed by atoms with van der Waals surface area (Å²) in [4.78, 5) is 17.6. The monoisotopic (exact) mass is 253 g/mol. The van der Waals surface area contributed by atoms with Crippen molar-refractivity contribution >= 4 is 11.7 Å². The van der Waals surface area contributed by atoms with Gasteiger partial charge in [-0.2, -0.15) is 0 Å². The molecule has 6 heteroatoms. The van der Waals surface area contributed by atoms with Gasteiger partial charge in [0, 0.05) is 27.7 Å². The van der Waals surface area contributed by atoms with Crippen molar-refractivity contribution in [2.45, 2.75) is 6.10 Å². The maximum absolute atomic E-state index is 12.0. The minimum atomic E-state index is -0.698. The molecule has 18 heavy (non-hydrogen) atoms. The number of nitrogens with one attached hydrogen (secondary N) is 1. The first-order valence-corrected chi connectivity index (χ1v) is 5.65. The molecule has 6 nitrogen and oxygen atoms in total. The zero-order valence-corrected chi connectivity index (χ0v) is 10.9. The molecule has 1 aromatic heterocycles. The molecule has 100 valence electrons.